The van der Waals surface area contributed by atoms with Crippen LogP contribution in [0.4, 0.5) is 0 Å². The fourth-order valence-electron chi connectivity index (χ4n) is 0.367. The Bertz CT molecular complexity index is 142. The lowest BCUT2D eigenvalue weighted by molar-refractivity contribution is 0.422. The number of rotatable bonds is 1. The summed E-state index contributed by atoms with van der Waals surface area (Å²) in [7, 11) is -1.44. The van der Waals surface area contributed by atoms with E-state index in [9.17, 15) is 0 Å². The van der Waals surface area contributed by atoms with Crippen LogP contribution >= 0.6 is 0 Å². The quantitative estimate of drug-likeness (QED) is 0.403. The third-order valence-corrected chi connectivity index (χ3v) is 0.778. The van der Waals surface area contributed by atoms with Crippen molar-refractivity contribution in [3.63, 3.8) is 0 Å². The monoisotopic (exact) mass is 111 g/mol. The Morgan fingerprint density at radius 2 is 2.25 bits per heavy atom. The van der Waals surface area contributed by atoms with Gasteiger partial charge in [-0.2, -0.15) is 10.5 Å². The van der Waals surface area contributed by atoms with E-state index in [1.54, 1.807) is 0 Å². The predicted octanol–water partition coefficient (Wildman–Crippen LogP) is -1.51. The molecule has 5 heteroatoms. The van der Waals surface area contributed by atoms with Gasteiger partial charge in [-0.3, -0.25) is 0 Å². The van der Waals surface area contributed by atoms with Gasteiger partial charge >= 0.3 is 7.12 Å². The average molecular weight is 111 g/mol. The summed E-state index contributed by atoms with van der Waals surface area (Å²) in [5.41, 5.74) is 3.70. The molecule has 41 valence electrons. The summed E-state index contributed by atoms with van der Waals surface area (Å²) in [6.07, 6.45) is 2.59. The van der Waals surface area contributed by atoms with Gasteiger partial charge in [-0.05, 0) is 0 Å². The molecule has 0 fully saturated rings. The van der Waals surface area contributed by atoms with E-state index >= 15 is 0 Å². The lowest BCUT2D eigenvalue weighted by atomic mass is 9.81. The van der Waals surface area contributed by atoms with Gasteiger partial charge in [-0.25, -0.2) is 0 Å². The number of nitrogens with zero attached hydrogens (tertiary/aromatic N) is 2. The average Bonchev–Trinajstić information content (AvgIpc) is 2.12. The second-order valence-electron chi connectivity index (χ2n) is 1.36. The van der Waals surface area contributed by atoms with Gasteiger partial charge in [0.05, 0.1) is 12.4 Å². The largest absolute Gasteiger partial charge is 0.491 e. The fraction of sp³-hybridized carbons (Fsp3) is 0. The molecule has 1 rings (SSSR count). The molecule has 0 aromatic rings. The Labute approximate surface area is 46.7 Å². The first-order chi connectivity index (χ1) is 3.80. The van der Waals surface area contributed by atoms with Crippen molar-refractivity contribution in [3.8, 4) is 0 Å². The molecule has 2 N–H and O–H groups in total. The third-order valence-electron chi connectivity index (χ3n) is 0.778. The predicted molar refractivity (Wildman–Crippen MR) is 28.9 cm³/mol. The summed E-state index contributed by atoms with van der Waals surface area (Å²) in [5, 5.41) is 20.1. The van der Waals surface area contributed by atoms with Crippen LogP contribution in [0.1, 0.15) is 0 Å². The first kappa shape index (κ1) is 5.33. The van der Waals surface area contributed by atoms with E-state index in [4.69, 9.17) is 10.0 Å². The van der Waals surface area contributed by atoms with Crippen molar-refractivity contribution in [2.75, 3.05) is 0 Å². The van der Waals surface area contributed by atoms with Crippen LogP contribution in [0.3, 0.4) is 0 Å². The van der Waals surface area contributed by atoms with Crippen molar-refractivity contribution in [2.45, 2.75) is 0 Å². The maximum Gasteiger partial charge on any atom is 0.491 e. The van der Waals surface area contributed by atoms with E-state index in [-0.39, 0.29) is 0 Å². The second kappa shape index (κ2) is 1.98. The lowest BCUT2D eigenvalue weighted by Gasteiger charge is -1.88. The zero-order chi connectivity index (χ0) is 5.98. The molecule has 0 aromatic carbocycles. The Kier molecular flexibility index (Phi) is 1.32. The normalized spacial score (nSPS) is 15.5. The highest BCUT2D eigenvalue weighted by Crippen LogP contribution is 1.95. The van der Waals surface area contributed by atoms with Crippen LogP contribution in [-0.2, 0) is 0 Å². The standard InChI is InChI=1S/C3H4BN2O2/c7-4(8)3-1-5-6-2-3/h1-2,7-8H. The Hall–Kier alpha value is -0.805. The van der Waals surface area contributed by atoms with Crippen LogP contribution in [0.15, 0.2) is 16.8 Å². The molecular weight excluding hydrogens is 107 g/mol. The highest BCUT2D eigenvalue weighted by atomic mass is 16.4. The first-order valence-electron chi connectivity index (χ1n) is 2.10. The van der Waals surface area contributed by atoms with Gasteiger partial charge in [0, 0.05) is 5.47 Å². The van der Waals surface area contributed by atoms with Crippen LogP contribution in [0.5, 0.6) is 0 Å². The van der Waals surface area contributed by atoms with Crippen molar-refractivity contribution < 1.29 is 10.0 Å². The highest BCUT2D eigenvalue weighted by molar-refractivity contribution is 6.57. The first-order valence-corrected chi connectivity index (χ1v) is 2.10. The fourth-order valence-corrected chi connectivity index (χ4v) is 0.367. The lowest BCUT2D eigenvalue weighted by Crippen LogP contribution is -2.14. The van der Waals surface area contributed by atoms with E-state index in [0.717, 1.165) is 0 Å². The molecule has 1 aliphatic heterocycles. The molecule has 8 heavy (non-hydrogen) atoms. The van der Waals surface area contributed by atoms with E-state index < -0.39 is 7.12 Å². The van der Waals surface area contributed by atoms with Crippen molar-refractivity contribution in [1.82, 2.24) is 5.43 Å². The van der Waals surface area contributed by atoms with E-state index in [1.807, 2.05) is 0 Å². The van der Waals surface area contributed by atoms with Crippen LogP contribution in [0.2, 0.25) is 0 Å². The van der Waals surface area contributed by atoms with Gasteiger partial charge in [0.1, 0.15) is 0 Å². The second-order valence-corrected chi connectivity index (χ2v) is 1.36. The highest BCUT2D eigenvalue weighted by Gasteiger charge is 2.14. The van der Waals surface area contributed by atoms with Crippen LogP contribution < -0.4 is 5.43 Å². The van der Waals surface area contributed by atoms with E-state index in [1.165, 1.54) is 12.4 Å². The molecule has 1 radical (unpaired) electrons. The molecule has 0 bridgehead atoms. The van der Waals surface area contributed by atoms with Crippen molar-refractivity contribution >= 4 is 13.3 Å². The van der Waals surface area contributed by atoms with Crippen molar-refractivity contribution in [2.24, 2.45) is 5.10 Å². The minimum atomic E-state index is -1.44. The zero-order valence-electron chi connectivity index (χ0n) is 4.02. The molecule has 0 atom stereocenters. The SMILES string of the molecule is OB(O)C1=C[N]N=C1. The number of allylic oxidation sites excluding steroid dienone is 1. The molecule has 0 amide bonds. The van der Waals surface area contributed by atoms with Gasteiger partial charge in [0.25, 0.3) is 0 Å². The molecular formula is C3H4BN2O2. The van der Waals surface area contributed by atoms with Gasteiger partial charge < -0.3 is 10.0 Å². The molecule has 0 unspecified atom stereocenters. The Balaban J connectivity index is 2.58. The summed E-state index contributed by atoms with van der Waals surface area (Å²) in [6, 6.07) is 0. The van der Waals surface area contributed by atoms with Crippen LogP contribution in [0, 0.1) is 0 Å². The summed E-state index contributed by atoms with van der Waals surface area (Å²) in [6.45, 7) is 0. The molecule has 0 aromatic heterocycles. The van der Waals surface area contributed by atoms with Gasteiger partial charge in [0.2, 0.25) is 0 Å². The minimum absolute atomic E-state index is 0.324. The van der Waals surface area contributed by atoms with E-state index in [0.29, 0.717) is 5.47 Å². The summed E-state index contributed by atoms with van der Waals surface area (Å²) >= 11 is 0. The van der Waals surface area contributed by atoms with Crippen molar-refractivity contribution in [3.05, 3.63) is 11.7 Å². The summed E-state index contributed by atoms with van der Waals surface area (Å²) in [4.78, 5) is 0. The molecule has 0 aliphatic carbocycles. The van der Waals surface area contributed by atoms with E-state index in [2.05, 4.69) is 10.5 Å². The summed E-state index contributed by atoms with van der Waals surface area (Å²) < 4.78 is 0. The van der Waals surface area contributed by atoms with Gasteiger partial charge in [0.15, 0.2) is 0 Å². The number of hydrogen-bond donors (Lipinski definition) is 2. The molecule has 1 heterocycles. The minimum Gasteiger partial charge on any atom is -0.423 e. The molecule has 0 saturated carbocycles. The topological polar surface area (TPSA) is 66.9 Å². The molecule has 1 aliphatic rings. The Morgan fingerprint density at radius 3 is 2.50 bits per heavy atom. The Morgan fingerprint density at radius 1 is 1.50 bits per heavy atom. The number of hydrogen-bond acceptors (Lipinski definition) is 3. The van der Waals surface area contributed by atoms with Gasteiger partial charge in [-0.15, -0.1) is 0 Å². The van der Waals surface area contributed by atoms with Crippen LogP contribution in [-0.4, -0.2) is 23.4 Å². The molecule has 4 nitrogen and oxygen atoms in total. The molecule has 0 saturated heterocycles. The van der Waals surface area contributed by atoms with Crippen molar-refractivity contribution in [1.29, 1.82) is 0 Å². The van der Waals surface area contributed by atoms with Crippen LogP contribution in [0.25, 0.3) is 0 Å². The molecule has 0 spiro atoms. The smallest absolute Gasteiger partial charge is 0.423 e. The third kappa shape index (κ3) is 0.880. The maximum absolute atomic E-state index is 8.39. The zero-order valence-corrected chi connectivity index (χ0v) is 4.02. The maximum atomic E-state index is 8.39. The summed E-state index contributed by atoms with van der Waals surface area (Å²) in [5.74, 6) is 0. The van der Waals surface area contributed by atoms with Gasteiger partial charge in [-0.1, -0.05) is 0 Å².